The number of nitrogens with one attached hydrogen (secondary N) is 2. The molecule has 2 atom stereocenters. The number of carbonyl (C=O) groups is 2. The zero-order chi connectivity index (χ0) is 18.4. The summed E-state index contributed by atoms with van der Waals surface area (Å²) >= 11 is 6.18. The second kappa shape index (κ2) is 8.92. The second-order valence-corrected chi connectivity index (χ2v) is 6.37. The van der Waals surface area contributed by atoms with Crippen LogP contribution in [0.15, 0.2) is 12.1 Å². The number of carboxylic acids is 1. The Morgan fingerprint density at radius 2 is 1.92 bits per heavy atom. The number of rotatable bonds is 7. The van der Waals surface area contributed by atoms with E-state index in [9.17, 15) is 14.7 Å². The number of fused-ring (bicyclic) bond motifs is 1. The van der Waals surface area contributed by atoms with Crippen molar-refractivity contribution in [2.45, 2.75) is 32.7 Å². The Morgan fingerprint density at radius 3 is 2.52 bits per heavy atom. The van der Waals surface area contributed by atoms with Gasteiger partial charge in [-0.15, -0.1) is 0 Å². The van der Waals surface area contributed by atoms with E-state index < -0.39 is 12.0 Å². The van der Waals surface area contributed by atoms with Crippen LogP contribution in [0.25, 0.3) is 0 Å². The molecule has 1 amide bonds. The Hall–Kier alpha value is -1.99. The van der Waals surface area contributed by atoms with Crippen molar-refractivity contribution in [2.24, 2.45) is 5.92 Å². The quantitative estimate of drug-likeness (QED) is 0.682. The van der Waals surface area contributed by atoms with E-state index in [4.69, 9.17) is 21.1 Å². The minimum Gasteiger partial charge on any atom is -0.490 e. The molecular formula is C17H23ClN2O5. The predicted octanol–water partition coefficient (Wildman–Crippen LogP) is 2.53. The van der Waals surface area contributed by atoms with Gasteiger partial charge in [0.1, 0.15) is 6.04 Å². The van der Waals surface area contributed by atoms with E-state index in [1.54, 1.807) is 12.1 Å². The Labute approximate surface area is 151 Å². The summed E-state index contributed by atoms with van der Waals surface area (Å²) in [4.78, 5) is 23.4. The topological polar surface area (TPSA) is 96.9 Å². The summed E-state index contributed by atoms with van der Waals surface area (Å²) in [6, 6.07) is 2.43. The van der Waals surface area contributed by atoms with E-state index >= 15 is 0 Å². The highest BCUT2D eigenvalue weighted by Gasteiger charge is 2.24. The van der Waals surface area contributed by atoms with Crippen LogP contribution in [-0.2, 0) is 9.59 Å². The number of halogens is 1. The van der Waals surface area contributed by atoms with Crippen molar-refractivity contribution in [3.8, 4) is 11.5 Å². The first-order chi connectivity index (χ1) is 11.9. The molecule has 1 aromatic carbocycles. The molecule has 0 aliphatic carbocycles. The molecule has 0 aromatic heterocycles. The van der Waals surface area contributed by atoms with E-state index in [1.807, 2.05) is 13.8 Å². The van der Waals surface area contributed by atoms with Gasteiger partial charge in [0.05, 0.1) is 30.5 Å². The molecule has 1 aliphatic rings. The number of hydrogen-bond acceptors (Lipinski definition) is 5. The number of anilines is 1. The minimum absolute atomic E-state index is 0.0908. The average molecular weight is 371 g/mol. The van der Waals surface area contributed by atoms with Crippen molar-refractivity contribution < 1.29 is 24.2 Å². The first-order valence-electron chi connectivity index (χ1n) is 8.27. The molecule has 0 unspecified atom stereocenters. The highest BCUT2D eigenvalue weighted by molar-refractivity contribution is 6.34. The summed E-state index contributed by atoms with van der Waals surface area (Å²) in [5.74, 6) is -0.386. The summed E-state index contributed by atoms with van der Waals surface area (Å²) in [5.41, 5.74) is 0.396. The molecule has 0 spiro atoms. The number of carbonyl (C=O) groups excluding carboxylic acids is 1. The van der Waals surface area contributed by atoms with Gasteiger partial charge >= 0.3 is 5.97 Å². The summed E-state index contributed by atoms with van der Waals surface area (Å²) in [7, 11) is 0. The fourth-order valence-corrected chi connectivity index (χ4v) is 2.65. The van der Waals surface area contributed by atoms with Crippen LogP contribution in [-0.4, -0.2) is 42.8 Å². The van der Waals surface area contributed by atoms with Gasteiger partial charge in [-0.3, -0.25) is 14.9 Å². The second-order valence-electron chi connectivity index (χ2n) is 5.96. The minimum atomic E-state index is -0.976. The number of aliphatic carboxylic acids is 1. The lowest BCUT2D eigenvalue weighted by atomic mass is 9.99. The van der Waals surface area contributed by atoms with Gasteiger partial charge in [0.25, 0.3) is 0 Å². The fourth-order valence-electron chi connectivity index (χ4n) is 2.44. The van der Waals surface area contributed by atoms with Gasteiger partial charge in [-0.2, -0.15) is 0 Å². The molecule has 0 saturated carbocycles. The van der Waals surface area contributed by atoms with Gasteiger partial charge in [0.15, 0.2) is 11.5 Å². The smallest absolute Gasteiger partial charge is 0.320 e. The molecule has 1 aliphatic heterocycles. The predicted molar refractivity (Wildman–Crippen MR) is 94.6 cm³/mol. The largest absolute Gasteiger partial charge is 0.490 e. The van der Waals surface area contributed by atoms with E-state index in [2.05, 4.69) is 10.6 Å². The van der Waals surface area contributed by atoms with Crippen LogP contribution in [0.4, 0.5) is 5.69 Å². The Bertz CT molecular complexity index is 638. The molecule has 7 nitrogen and oxygen atoms in total. The Morgan fingerprint density at radius 1 is 1.28 bits per heavy atom. The number of ether oxygens (including phenoxy) is 2. The molecule has 1 heterocycles. The van der Waals surface area contributed by atoms with Gasteiger partial charge < -0.3 is 19.9 Å². The lowest BCUT2D eigenvalue weighted by molar-refractivity contribution is -0.140. The van der Waals surface area contributed by atoms with Crippen LogP contribution in [0.1, 0.15) is 26.7 Å². The van der Waals surface area contributed by atoms with Crippen LogP contribution in [0.3, 0.4) is 0 Å². The first kappa shape index (κ1) is 19.3. The standard InChI is InChI=1S/C17H23ClN2O5/c1-3-10(2)16(17(22)23)19-9-15(21)20-12-8-14-13(7-11(12)18)24-5-4-6-25-14/h7-8,10,16,19H,3-6,9H2,1-2H3,(H,20,21)(H,22,23)/t10-,16-/m0/s1. The van der Waals surface area contributed by atoms with Gasteiger partial charge in [0.2, 0.25) is 5.91 Å². The molecule has 3 N–H and O–H groups in total. The summed E-state index contributed by atoms with van der Waals surface area (Å²) in [5, 5.41) is 15.0. The Balaban J connectivity index is 2.00. The third-order valence-corrected chi connectivity index (χ3v) is 4.39. The highest BCUT2D eigenvalue weighted by Crippen LogP contribution is 2.37. The monoisotopic (exact) mass is 370 g/mol. The van der Waals surface area contributed by atoms with Crippen molar-refractivity contribution in [1.29, 1.82) is 0 Å². The first-order valence-corrected chi connectivity index (χ1v) is 8.65. The molecule has 8 heteroatoms. The third-order valence-electron chi connectivity index (χ3n) is 4.07. The van der Waals surface area contributed by atoms with Crippen molar-refractivity contribution in [1.82, 2.24) is 5.32 Å². The maximum Gasteiger partial charge on any atom is 0.320 e. The number of benzene rings is 1. The van der Waals surface area contributed by atoms with Crippen molar-refractivity contribution in [2.75, 3.05) is 25.1 Å². The van der Waals surface area contributed by atoms with E-state index in [0.717, 1.165) is 6.42 Å². The van der Waals surface area contributed by atoms with E-state index in [0.29, 0.717) is 41.8 Å². The molecule has 25 heavy (non-hydrogen) atoms. The molecular weight excluding hydrogens is 348 g/mol. The SMILES string of the molecule is CC[C@H](C)[C@H](NCC(=O)Nc1cc2c(cc1Cl)OCCCO2)C(=O)O. The number of amides is 1. The van der Waals surface area contributed by atoms with E-state index in [1.165, 1.54) is 0 Å². The molecule has 138 valence electrons. The molecule has 1 aromatic rings. The van der Waals surface area contributed by atoms with Gasteiger partial charge in [-0.05, 0) is 5.92 Å². The number of carboxylic acid groups (broad SMARTS) is 1. The Kier molecular flexibility index (Phi) is 6.90. The summed E-state index contributed by atoms with van der Waals surface area (Å²) in [6.07, 6.45) is 1.46. The molecule has 0 radical (unpaired) electrons. The van der Waals surface area contributed by atoms with Crippen LogP contribution in [0, 0.1) is 5.92 Å². The van der Waals surface area contributed by atoms with Crippen molar-refractivity contribution >= 4 is 29.2 Å². The van der Waals surface area contributed by atoms with Gasteiger partial charge in [-0.1, -0.05) is 31.9 Å². The lowest BCUT2D eigenvalue weighted by Gasteiger charge is -2.20. The fraction of sp³-hybridized carbons (Fsp3) is 0.529. The maximum absolute atomic E-state index is 12.1. The van der Waals surface area contributed by atoms with Crippen molar-refractivity contribution in [3.05, 3.63) is 17.2 Å². The highest BCUT2D eigenvalue weighted by atomic mass is 35.5. The summed E-state index contributed by atoms with van der Waals surface area (Å²) < 4.78 is 11.1. The summed E-state index contributed by atoms with van der Waals surface area (Å²) in [6.45, 7) is 4.67. The average Bonchev–Trinajstić information content (AvgIpc) is 2.79. The van der Waals surface area contributed by atoms with Gasteiger partial charge in [-0.25, -0.2) is 0 Å². The molecule has 0 bridgehead atoms. The third kappa shape index (κ3) is 5.24. The van der Waals surface area contributed by atoms with Crippen molar-refractivity contribution in [3.63, 3.8) is 0 Å². The molecule has 0 saturated heterocycles. The normalized spacial score (nSPS) is 15.8. The van der Waals surface area contributed by atoms with Crippen LogP contribution >= 0.6 is 11.6 Å². The zero-order valence-corrected chi connectivity index (χ0v) is 15.1. The lowest BCUT2D eigenvalue weighted by Crippen LogP contribution is -2.45. The van der Waals surface area contributed by atoms with Crippen LogP contribution in [0.5, 0.6) is 11.5 Å². The maximum atomic E-state index is 12.1. The molecule has 2 rings (SSSR count). The van der Waals surface area contributed by atoms with Crippen LogP contribution < -0.4 is 20.1 Å². The number of hydrogen-bond donors (Lipinski definition) is 3. The van der Waals surface area contributed by atoms with Crippen LogP contribution in [0.2, 0.25) is 5.02 Å². The van der Waals surface area contributed by atoms with E-state index in [-0.39, 0.29) is 18.4 Å². The molecule has 0 fully saturated rings. The zero-order valence-electron chi connectivity index (χ0n) is 14.3. The van der Waals surface area contributed by atoms with Gasteiger partial charge in [0, 0.05) is 18.6 Å².